The second kappa shape index (κ2) is 8.62. The summed E-state index contributed by atoms with van der Waals surface area (Å²) >= 11 is 0. The fraction of sp³-hybridized carbons (Fsp3) is 0.286. The smallest absolute Gasteiger partial charge is 0.256 e. The van der Waals surface area contributed by atoms with Crippen LogP contribution in [0.3, 0.4) is 0 Å². The molecule has 1 aliphatic rings. The number of fused-ring (bicyclic) bond motifs is 1. The summed E-state index contributed by atoms with van der Waals surface area (Å²) in [5, 5.41) is 7.53. The van der Waals surface area contributed by atoms with Gasteiger partial charge in [0.15, 0.2) is 17.4 Å². The third-order valence-electron chi connectivity index (χ3n) is 5.49. The predicted octanol–water partition coefficient (Wildman–Crippen LogP) is 2.62. The van der Waals surface area contributed by atoms with Gasteiger partial charge in [-0.3, -0.25) is 4.90 Å². The Morgan fingerprint density at radius 2 is 1.79 bits per heavy atom. The summed E-state index contributed by atoms with van der Waals surface area (Å²) in [6.07, 6.45) is 1.54. The molecule has 0 aliphatic carbocycles. The highest BCUT2D eigenvalue weighted by molar-refractivity contribution is 5.56. The first-order valence-electron chi connectivity index (χ1n) is 10.4. The second-order valence-electron chi connectivity index (χ2n) is 7.66. The number of rotatable bonds is 6. The number of anilines is 3. The first-order valence-corrected chi connectivity index (χ1v) is 10.4. The normalized spacial score (nSPS) is 14.8. The number of hydrogen-bond acceptors (Lipinski definition) is 8. The van der Waals surface area contributed by atoms with Gasteiger partial charge in [0.05, 0.1) is 6.26 Å². The zero-order valence-corrected chi connectivity index (χ0v) is 17.5. The van der Waals surface area contributed by atoms with E-state index in [1.165, 1.54) is 10.8 Å². The molecule has 9 nitrogen and oxygen atoms in total. The van der Waals surface area contributed by atoms with Crippen LogP contribution in [0.2, 0.25) is 0 Å². The number of benzene rings is 1. The molecule has 1 saturated heterocycles. The minimum Gasteiger partial charge on any atom is -0.461 e. The van der Waals surface area contributed by atoms with E-state index in [2.05, 4.69) is 25.3 Å². The van der Waals surface area contributed by atoms with Gasteiger partial charge in [-0.05, 0) is 12.1 Å². The molecular formula is C21H21F3N8O. The zero-order chi connectivity index (χ0) is 22.9. The highest BCUT2D eigenvalue weighted by atomic mass is 19.1. The number of aromatic nitrogens is 4. The predicted molar refractivity (Wildman–Crippen MR) is 116 cm³/mol. The summed E-state index contributed by atoms with van der Waals surface area (Å²) in [4.78, 5) is 12.6. The number of furan rings is 1. The molecule has 0 bridgehead atoms. The molecule has 3 N–H and O–H groups in total. The molecule has 1 fully saturated rings. The van der Waals surface area contributed by atoms with Gasteiger partial charge in [-0.2, -0.15) is 14.5 Å². The van der Waals surface area contributed by atoms with Crippen LogP contribution < -0.4 is 16.0 Å². The van der Waals surface area contributed by atoms with Crippen molar-refractivity contribution in [2.75, 3.05) is 55.2 Å². The molecule has 1 aliphatic heterocycles. The van der Waals surface area contributed by atoms with Crippen LogP contribution in [0.1, 0.15) is 0 Å². The lowest BCUT2D eigenvalue weighted by molar-refractivity contribution is 0.265. The fourth-order valence-corrected chi connectivity index (χ4v) is 3.87. The van der Waals surface area contributed by atoms with Crippen LogP contribution in [-0.4, -0.2) is 63.8 Å². The molecule has 4 aromatic rings. The quantitative estimate of drug-likeness (QED) is 0.455. The summed E-state index contributed by atoms with van der Waals surface area (Å²) in [6.45, 7) is 3.38. The average Bonchev–Trinajstić information content (AvgIpc) is 3.44. The van der Waals surface area contributed by atoms with E-state index in [0.717, 1.165) is 0 Å². The summed E-state index contributed by atoms with van der Waals surface area (Å²) in [5.41, 5.74) is 5.92. The SMILES string of the molecule is Nc1cc(NCCN2CCN(c3c(F)cc(F)cc3F)CC2)nc2nc(-c3ccco3)nn12. The van der Waals surface area contributed by atoms with E-state index < -0.39 is 17.5 Å². The molecule has 12 heteroatoms. The van der Waals surface area contributed by atoms with Gasteiger partial charge in [-0.25, -0.2) is 13.2 Å². The maximum absolute atomic E-state index is 14.0. The number of nitrogen functional groups attached to an aromatic ring is 1. The molecule has 0 atom stereocenters. The van der Waals surface area contributed by atoms with Gasteiger partial charge in [0.2, 0.25) is 5.82 Å². The summed E-state index contributed by atoms with van der Waals surface area (Å²) in [7, 11) is 0. The molecule has 3 aromatic heterocycles. The lowest BCUT2D eigenvalue weighted by atomic mass is 10.2. The first kappa shape index (κ1) is 21.1. The van der Waals surface area contributed by atoms with Crippen LogP contribution in [0.4, 0.5) is 30.5 Å². The molecule has 1 aromatic carbocycles. The van der Waals surface area contributed by atoms with E-state index in [1.54, 1.807) is 23.1 Å². The molecule has 0 spiro atoms. The van der Waals surface area contributed by atoms with Crippen LogP contribution in [-0.2, 0) is 0 Å². The molecule has 172 valence electrons. The largest absolute Gasteiger partial charge is 0.461 e. The lowest BCUT2D eigenvalue weighted by Gasteiger charge is -2.36. The Morgan fingerprint density at radius 1 is 1.03 bits per heavy atom. The van der Waals surface area contributed by atoms with Gasteiger partial charge in [-0.15, -0.1) is 5.10 Å². The number of nitrogens with one attached hydrogen (secondary N) is 1. The van der Waals surface area contributed by atoms with Crippen molar-refractivity contribution in [2.24, 2.45) is 0 Å². The molecule has 0 amide bonds. The Labute approximate surface area is 186 Å². The second-order valence-corrected chi connectivity index (χ2v) is 7.66. The van der Waals surface area contributed by atoms with E-state index in [-0.39, 0.29) is 5.69 Å². The molecule has 0 unspecified atom stereocenters. The summed E-state index contributed by atoms with van der Waals surface area (Å²) in [5.74, 6) is -0.486. The van der Waals surface area contributed by atoms with Crippen molar-refractivity contribution >= 4 is 23.1 Å². The lowest BCUT2D eigenvalue weighted by Crippen LogP contribution is -2.48. The first-order chi connectivity index (χ1) is 16.0. The molecule has 4 heterocycles. The number of piperazine rings is 1. The maximum atomic E-state index is 14.0. The highest BCUT2D eigenvalue weighted by Gasteiger charge is 2.23. The Kier molecular flexibility index (Phi) is 5.50. The standard InChI is InChI=1S/C21H21F3N8O/c22-13-10-14(23)19(15(24)11-13)31-7-5-30(6-8-31)4-3-26-18-12-17(25)32-21(27-18)28-20(29-32)16-2-1-9-33-16/h1-2,9-12H,3-8,25H2,(H,26,27,28,29). The molecule has 0 saturated carbocycles. The number of nitrogens with two attached hydrogens (primary N) is 1. The van der Waals surface area contributed by atoms with Crippen molar-refractivity contribution in [1.29, 1.82) is 0 Å². The van der Waals surface area contributed by atoms with Gasteiger partial charge in [0.25, 0.3) is 5.78 Å². The van der Waals surface area contributed by atoms with Gasteiger partial charge in [0.1, 0.15) is 23.1 Å². The van der Waals surface area contributed by atoms with Gasteiger partial charge < -0.3 is 20.4 Å². The summed E-state index contributed by atoms with van der Waals surface area (Å²) in [6, 6.07) is 6.58. The van der Waals surface area contributed by atoms with E-state index in [1.807, 2.05) is 0 Å². The monoisotopic (exact) mass is 458 g/mol. The van der Waals surface area contributed by atoms with E-state index in [9.17, 15) is 13.2 Å². The Bertz CT molecular complexity index is 1250. The Hall–Kier alpha value is -3.80. The van der Waals surface area contributed by atoms with Gasteiger partial charge >= 0.3 is 0 Å². The van der Waals surface area contributed by atoms with E-state index >= 15 is 0 Å². The third kappa shape index (κ3) is 4.29. The van der Waals surface area contributed by atoms with Crippen molar-refractivity contribution in [3.05, 3.63) is 54.0 Å². The molecular weight excluding hydrogens is 437 g/mol. The summed E-state index contributed by atoms with van der Waals surface area (Å²) < 4.78 is 48.0. The Balaban J connectivity index is 1.17. The van der Waals surface area contributed by atoms with Crippen molar-refractivity contribution in [3.63, 3.8) is 0 Å². The highest BCUT2D eigenvalue weighted by Crippen LogP contribution is 2.25. The van der Waals surface area contributed by atoms with Crippen LogP contribution in [0.15, 0.2) is 41.0 Å². The molecule has 0 radical (unpaired) electrons. The van der Waals surface area contributed by atoms with Crippen LogP contribution in [0, 0.1) is 17.5 Å². The fourth-order valence-electron chi connectivity index (χ4n) is 3.87. The number of halogens is 3. The molecule has 5 rings (SSSR count). The van der Waals surface area contributed by atoms with Crippen molar-refractivity contribution in [2.45, 2.75) is 0 Å². The minimum atomic E-state index is -0.922. The van der Waals surface area contributed by atoms with Crippen molar-refractivity contribution in [3.8, 4) is 11.6 Å². The van der Waals surface area contributed by atoms with Crippen molar-refractivity contribution in [1.82, 2.24) is 24.5 Å². The van der Waals surface area contributed by atoms with Crippen LogP contribution in [0.25, 0.3) is 17.4 Å². The third-order valence-corrected chi connectivity index (χ3v) is 5.49. The minimum absolute atomic E-state index is 0.177. The van der Waals surface area contributed by atoms with Crippen LogP contribution in [0.5, 0.6) is 0 Å². The van der Waals surface area contributed by atoms with Crippen LogP contribution >= 0.6 is 0 Å². The van der Waals surface area contributed by atoms with E-state index in [0.29, 0.717) is 80.4 Å². The van der Waals surface area contributed by atoms with Crippen molar-refractivity contribution < 1.29 is 17.6 Å². The topological polar surface area (TPSA) is 101 Å². The van der Waals surface area contributed by atoms with Gasteiger partial charge in [0, 0.05) is 57.5 Å². The van der Waals surface area contributed by atoms with Gasteiger partial charge in [-0.1, -0.05) is 0 Å². The van der Waals surface area contributed by atoms with E-state index in [4.69, 9.17) is 10.2 Å². The zero-order valence-electron chi connectivity index (χ0n) is 17.5. The maximum Gasteiger partial charge on any atom is 0.256 e. The number of hydrogen-bond donors (Lipinski definition) is 2. The molecule has 33 heavy (non-hydrogen) atoms. The Morgan fingerprint density at radius 3 is 2.48 bits per heavy atom. The average molecular weight is 458 g/mol. The number of nitrogens with zero attached hydrogens (tertiary/aromatic N) is 6.